The van der Waals surface area contributed by atoms with Gasteiger partial charge in [0.2, 0.25) is 6.39 Å². The first-order valence-corrected chi connectivity index (χ1v) is 7.46. The Bertz CT molecular complexity index is 615. The topological polar surface area (TPSA) is 59.2 Å². The molecule has 1 fully saturated rings. The maximum Gasteiger partial charge on any atom is 0.254 e. The summed E-state index contributed by atoms with van der Waals surface area (Å²) in [6.45, 7) is 0.699. The fourth-order valence-electron chi connectivity index (χ4n) is 2.73. The second-order valence-corrected chi connectivity index (χ2v) is 5.60. The minimum atomic E-state index is -0.127. The molecule has 110 valence electrons. The number of rotatable bonds is 2. The second-order valence-electron chi connectivity index (χ2n) is 5.16. The molecule has 1 aliphatic rings. The standard InChI is InChI=1S/C15H16ClN3O2/c16-12-6-4-5-11(9-12)15(20)19-8-3-1-2-7-13(19)14-17-10-21-18-14/h4-6,9-10,13H,1-3,7-8H2/t13-/m0/s1. The van der Waals surface area contributed by atoms with Gasteiger partial charge in [0.05, 0.1) is 6.04 Å². The summed E-state index contributed by atoms with van der Waals surface area (Å²) in [4.78, 5) is 18.8. The molecule has 21 heavy (non-hydrogen) atoms. The molecule has 0 radical (unpaired) electrons. The van der Waals surface area contributed by atoms with Crippen molar-refractivity contribution in [1.82, 2.24) is 15.0 Å². The van der Waals surface area contributed by atoms with Gasteiger partial charge in [-0.2, -0.15) is 4.98 Å². The van der Waals surface area contributed by atoms with Gasteiger partial charge < -0.3 is 9.42 Å². The van der Waals surface area contributed by atoms with Crippen LogP contribution in [0.25, 0.3) is 0 Å². The van der Waals surface area contributed by atoms with E-state index in [1.165, 1.54) is 6.39 Å². The van der Waals surface area contributed by atoms with Crippen LogP contribution in [-0.2, 0) is 0 Å². The third kappa shape index (κ3) is 3.08. The number of hydrogen-bond acceptors (Lipinski definition) is 4. The summed E-state index contributed by atoms with van der Waals surface area (Å²) in [6, 6.07) is 6.90. The van der Waals surface area contributed by atoms with E-state index in [1.807, 2.05) is 4.90 Å². The van der Waals surface area contributed by atoms with Crippen molar-refractivity contribution >= 4 is 17.5 Å². The molecule has 1 aliphatic heterocycles. The van der Waals surface area contributed by atoms with E-state index in [9.17, 15) is 4.79 Å². The number of carbonyl (C=O) groups is 1. The van der Waals surface area contributed by atoms with E-state index in [0.717, 1.165) is 25.7 Å². The number of likely N-dealkylation sites (tertiary alicyclic amines) is 1. The van der Waals surface area contributed by atoms with Crippen molar-refractivity contribution in [2.75, 3.05) is 6.54 Å². The van der Waals surface area contributed by atoms with Crippen LogP contribution < -0.4 is 0 Å². The number of benzene rings is 1. The van der Waals surface area contributed by atoms with Crippen molar-refractivity contribution < 1.29 is 9.32 Å². The van der Waals surface area contributed by atoms with Gasteiger partial charge in [0, 0.05) is 17.1 Å². The molecule has 0 unspecified atom stereocenters. The van der Waals surface area contributed by atoms with Crippen molar-refractivity contribution in [2.45, 2.75) is 31.7 Å². The quantitative estimate of drug-likeness (QED) is 0.852. The van der Waals surface area contributed by atoms with Gasteiger partial charge in [0.25, 0.3) is 5.91 Å². The number of halogens is 1. The molecule has 0 aliphatic carbocycles. The van der Waals surface area contributed by atoms with Crippen LogP contribution in [0.3, 0.4) is 0 Å². The molecule has 2 aromatic rings. The highest BCUT2D eigenvalue weighted by Gasteiger charge is 2.30. The second kappa shape index (κ2) is 6.26. The maximum atomic E-state index is 12.8. The van der Waals surface area contributed by atoms with Crippen LogP contribution in [-0.4, -0.2) is 27.5 Å². The van der Waals surface area contributed by atoms with Crippen LogP contribution >= 0.6 is 11.6 Å². The van der Waals surface area contributed by atoms with Gasteiger partial charge in [-0.15, -0.1) is 0 Å². The highest BCUT2D eigenvalue weighted by Crippen LogP contribution is 2.29. The van der Waals surface area contributed by atoms with Crippen LogP contribution in [0.15, 0.2) is 35.2 Å². The van der Waals surface area contributed by atoms with Gasteiger partial charge in [0.1, 0.15) is 0 Å². The summed E-state index contributed by atoms with van der Waals surface area (Å²) < 4.78 is 4.84. The molecular weight excluding hydrogens is 290 g/mol. The van der Waals surface area contributed by atoms with Gasteiger partial charge in [-0.05, 0) is 31.0 Å². The summed E-state index contributed by atoms with van der Waals surface area (Å²) >= 11 is 5.99. The summed E-state index contributed by atoms with van der Waals surface area (Å²) in [5.74, 6) is 0.543. The SMILES string of the molecule is O=C(c1cccc(Cl)c1)N1CCCCC[C@H]1c1ncon1. The van der Waals surface area contributed by atoms with E-state index in [0.29, 0.717) is 23.0 Å². The molecule has 1 aromatic heterocycles. The molecule has 1 atom stereocenters. The molecule has 0 bridgehead atoms. The van der Waals surface area contributed by atoms with Crippen LogP contribution in [0, 0.1) is 0 Å². The number of carbonyl (C=O) groups excluding carboxylic acids is 1. The van der Waals surface area contributed by atoms with Gasteiger partial charge in [-0.1, -0.05) is 35.7 Å². The monoisotopic (exact) mass is 305 g/mol. The number of nitrogens with zero attached hydrogens (tertiary/aromatic N) is 3. The Morgan fingerprint density at radius 1 is 1.33 bits per heavy atom. The Labute approximate surface area is 127 Å². The van der Waals surface area contributed by atoms with Crippen LogP contribution in [0.2, 0.25) is 5.02 Å². The van der Waals surface area contributed by atoms with Gasteiger partial charge in [-0.25, -0.2) is 0 Å². The lowest BCUT2D eigenvalue weighted by atomic mass is 10.1. The third-order valence-corrected chi connectivity index (χ3v) is 4.00. The first-order chi connectivity index (χ1) is 10.3. The Hall–Kier alpha value is -1.88. The molecule has 6 heteroatoms. The minimum absolute atomic E-state index is 0.0331. The smallest absolute Gasteiger partial charge is 0.254 e. The number of hydrogen-bond donors (Lipinski definition) is 0. The van der Waals surface area contributed by atoms with Gasteiger partial charge in [-0.3, -0.25) is 4.79 Å². The van der Waals surface area contributed by atoms with E-state index < -0.39 is 0 Å². The van der Waals surface area contributed by atoms with Crippen LogP contribution in [0.1, 0.15) is 47.9 Å². The minimum Gasteiger partial charge on any atom is -0.343 e. The summed E-state index contributed by atoms with van der Waals surface area (Å²) in [5.41, 5.74) is 0.595. The Balaban J connectivity index is 1.90. The molecule has 0 spiro atoms. The lowest BCUT2D eigenvalue weighted by molar-refractivity contribution is 0.0670. The van der Waals surface area contributed by atoms with E-state index in [2.05, 4.69) is 10.1 Å². The largest absolute Gasteiger partial charge is 0.343 e. The number of aromatic nitrogens is 2. The average molecular weight is 306 g/mol. The first kappa shape index (κ1) is 14.1. The van der Waals surface area contributed by atoms with E-state index >= 15 is 0 Å². The molecule has 5 nitrogen and oxygen atoms in total. The predicted octanol–water partition coefficient (Wildman–Crippen LogP) is 3.48. The Kier molecular flexibility index (Phi) is 4.20. The highest BCUT2D eigenvalue weighted by molar-refractivity contribution is 6.30. The average Bonchev–Trinajstić information content (AvgIpc) is 2.91. The van der Waals surface area contributed by atoms with E-state index in [-0.39, 0.29) is 11.9 Å². The predicted molar refractivity (Wildman–Crippen MR) is 78.0 cm³/mol. The molecule has 1 saturated heterocycles. The first-order valence-electron chi connectivity index (χ1n) is 7.08. The normalized spacial score (nSPS) is 19.3. The van der Waals surface area contributed by atoms with Gasteiger partial charge in [0.15, 0.2) is 5.82 Å². The molecular formula is C15H16ClN3O2. The van der Waals surface area contributed by atoms with Crippen molar-refractivity contribution in [3.63, 3.8) is 0 Å². The van der Waals surface area contributed by atoms with Crippen molar-refractivity contribution in [2.24, 2.45) is 0 Å². The Morgan fingerprint density at radius 2 is 2.24 bits per heavy atom. The molecule has 3 rings (SSSR count). The van der Waals surface area contributed by atoms with E-state index in [4.69, 9.17) is 16.1 Å². The lowest BCUT2D eigenvalue weighted by Gasteiger charge is -2.28. The van der Waals surface area contributed by atoms with Crippen LogP contribution in [0.5, 0.6) is 0 Å². The highest BCUT2D eigenvalue weighted by atomic mass is 35.5. The maximum absolute atomic E-state index is 12.8. The van der Waals surface area contributed by atoms with Gasteiger partial charge >= 0.3 is 0 Å². The van der Waals surface area contributed by atoms with Crippen molar-refractivity contribution in [3.8, 4) is 0 Å². The zero-order valence-electron chi connectivity index (χ0n) is 11.5. The Morgan fingerprint density at radius 3 is 3.00 bits per heavy atom. The molecule has 2 heterocycles. The van der Waals surface area contributed by atoms with E-state index in [1.54, 1.807) is 24.3 Å². The number of amides is 1. The van der Waals surface area contributed by atoms with Crippen molar-refractivity contribution in [3.05, 3.63) is 47.1 Å². The molecule has 1 aromatic carbocycles. The fraction of sp³-hybridized carbons (Fsp3) is 0.400. The molecule has 0 N–H and O–H groups in total. The lowest BCUT2D eigenvalue weighted by Crippen LogP contribution is -2.35. The third-order valence-electron chi connectivity index (χ3n) is 3.76. The zero-order chi connectivity index (χ0) is 14.7. The summed E-state index contributed by atoms with van der Waals surface area (Å²) in [6.07, 6.45) is 5.31. The fourth-order valence-corrected chi connectivity index (χ4v) is 2.92. The molecule has 0 saturated carbocycles. The molecule has 1 amide bonds. The zero-order valence-corrected chi connectivity index (χ0v) is 12.3. The van der Waals surface area contributed by atoms with Crippen LogP contribution in [0.4, 0.5) is 0 Å². The summed E-state index contributed by atoms with van der Waals surface area (Å²) in [7, 11) is 0. The van der Waals surface area contributed by atoms with Crippen molar-refractivity contribution in [1.29, 1.82) is 0 Å². The summed E-state index contributed by atoms with van der Waals surface area (Å²) in [5, 5.41) is 4.48.